The van der Waals surface area contributed by atoms with E-state index in [-0.39, 0.29) is 42.1 Å². The number of Topliss-reactive ketones (excluding diaryl/α,β-unsaturated/α-hetero) is 1. The zero-order valence-corrected chi connectivity index (χ0v) is 22.5. The van der Waals surface area contributed by atoms with Gasteiger partial charge in [0.2, 0.25) is 5.91 Å². The monoisotopic (exact) mass is 544 g/mol. The van der Waals surface area contributed by atoms with Crippen molar-refractivity contribution in [2.45, 2.75) is 50.6 Å². The van der Waals surface area contributed by atoms with Gasteiger partial charge in [-0.2, -0.15) is 9.61 Å². The number of hydrogen-bond donors (Lipinski definition) is 2. The van der Waals surface area contributed by atoms with Crippen molar-refractivity contribution in [2.75, 3.05) is 32.7 Å². The highest BCUT2D eigenvalue weighted by molar-refractivity contribution is 6.00. The number of imidazole rings is 1. The summed E-state index contributed by atoms with van der Waals surface area (Å²) in [6.45, 7) is 2.39. The Morgan fingerprint density at radius 3 is 2.58 bits per heavy atom. The first-order valence-electron chi connectivity index (χ1n) is 13.5. The minimum Gasteiger partial charge on any atom is -0.383 e. The van der Waals surface area contributed by atoms with Gasteiger partial charge in [-0.25, -0.2) is 9.97 Å². The Labute approximate surface area is 230 Å². The summed E-state index contributed by atoms with van der Waals surface area (Å²) in [5.41, 5.74) is 10.5. The summed E-state index contributed by atoms with van der Waals surface area (Å²) in [6, 6.07) is 3.97. The molecule has 12 nitrogen and oxygen atoms in total. The van der Waals surface area contributed by atoms with Crippen LogP contribution in [0, 0.1) is 0 Å². The lowest BCUT2D eigenvalue weighted by Gasteiger charge is -2.39. The Balaban J connectivity index is 1.31. The molecule has 0 spiro atoms. The maximum Gasteiger partial charge on any atom is 0.249 e. The number of nitrogen functional groups attached to an aromatic ring is 1. The van der Waals surface area contributed by atoms with Crippen LogP contribution in [0.4, 0.5) is 5.82 Å². The normalized spacial score (nSPS) is 20.4. The summed E-state index contributed by atoms with van der Waals surface area (Å²) < 4.78 is 12.0. The lowest BCUT2D eigenvalue weighted by atomic mass is 9.85. The molecule has 2 fully saturated rings. The lowest BCUT2D eigenvalue weighted by molar-refractivity contribution is -0.141. The molecule has 6 rings (SSSR count). The average Bonchev–Trinajstić information content (AvgIpc) is 3.69. The smallest absolute Gasteiger partial charge is 0.249 e. The van der Waals surface area contributed by atoms with Crippen LogP contribution in [0.1, 0.15) is 54.6 Å². The Bertz CT molecular complexity index is 1520. The molecule has 4 aromatic heterocycles. The second-order valence-electron chi connectivity index (χ2n) is 10.4. The molecule has 2 bridgehead atoms. The number of aromatic amines is 1. The zero-order chi connectivity index (χ0) is 27.8. The summed E-state index contributed by atoms with van der Waals surface area (Å²) in [6.07, 6.45) is 10.2. The van der Waals surface area contributed by atoms with Crippen LogP contribution < -0.4 is 5.73 Å². The highest BCUT2D eigenvalue weighted by atomic mass is 16.5. The van der Waals surface area contributed by atoms with Gasteiger partial charge in [0.1, 0.15) is 18.1 Å². The SMILES string of the molecule is COCCOCC(=O)N1[C@@H]2CC[C@H]1C[C@@H](c1nc3c(-c4ccc(-c5ncc[nH]5)nc4)cnn3c(N)c1C(C)=O)C2. The number of methoxy groups -OCH3 is 1. The molecule has 0 aliphatic carbocycles. The molecule has 0 radical (unpaired) electrons. The Kier molecular flexibility index (Phi) is 7.03. The highest BCUT2D eigenvalue weighted by Gasteiger charge is 2.44. The van der Waals surface area contributed by atoms with Gasteiger partial charge in [-0.3, -0.25) is 14.6 Å². The molecule has 1 amide bonds. The van der Waals surface area contributed by atoms with E-state index in [0.29, 0.717) is 48.8 Å². The van der Waals surface area contributed by atoms with Crippen LogP contribution in [0.5, 0.6) is 0 Å². The Morgan fingerprint density at radius 1 is 1.12 bits per heavy atom. The second kappa shape index (κ2) is 10.8. The van der Waals surface area contributed by atoms with Gasteiger partial charge in [-0.15, -0.1) is 0 Å². The topological polar surface area (TPSA) is 154 Å². The van der Waals surface area contributed by atoms with Crippen LogP contribution in [0.25, 0.3) is 28.3 Å². The van der Waals surface area contributed by atoms with E-state index in [0.717, 1.165) is 29.7 Å². The number of pyridine rings is 1. The summed E-state index contributed by atoms with van der Waals surface area (Å²) in [4.78, 5) is 44.7. The largest absolute Gasteiger partial charge is 0.383 e. The van der Waals surface area contributed by atoms with Gasteiger partial charge in [0.25, 0.3) is 0 Å². The number of ether oxygens (including phenoxy) is 2. The Hall–Kier alpha value is -4.16. The van der Waals surface area contributed by atoms with E-state index in [9.17, 15) is 9.59 Å². The quantitative estimate of drug-likeness (QED) is 0.239. The van der Waals surface area contributed by atoms with Crippen molar-refractivity contribution < 1.29 is 19.1 Å². The molecule has 6 heterocycles. The van der Waals surface area contributed by atoms with E-state index >= 15 is 0 Å². The van der Waals surface area contributed by atoms with Gasteiger partial charge in [0, 0.05) is 54.8 Å². The number of nitrogens with two attached hydrogens (primary N) is 1. The number of hydrogen-bond acceptors (Lipinski definition) is 9. The fourth-order valence-corrected chi connectivity index (χ4v) is 6.18. The molecule has 0 unspecified atom stereocenters. The van der Waals surface area contributed by atoms with E-state index in [1.165, 1.54) is 11.4 Å². The number of aromatic nitrogens is 6. The van der Waals surface area contributed by atoms with Gasteiger partial charge in [0.15, 0.2) is 17.3 Å². The van der Waals surface area contributed by atoms with Crippen LogP contribution in [0.15, 0.2) is 36.9 Å². The van der Waals surface area contributed by atoms with Crippen LogP contribution in [0.3, 0.4) is 0 Å². The fourth-order valence-electron chi connectivity index (χ4n) is 6.18. The minimum atomic E-state index is -0.152. The molecule has 3 atom stereocenters. The summed E-state index contributed by atoms with van der Waals surface area (Å²) in [5, 5.41) is 4.47. The number of carbonyl (C=O) groups is 2. The molecule has 3 N–H and O–H groups in total. The lowest BCUT2D eigenvalue weighted by Crippen LogP contribution is -2.47. The number of amides is 1. The number of ketones is 1. The van der Waals surface area contributed by atoms with E-state index in [4.69, 9.17) is 20.2 Å². The predicted molar refractivity (Wildman–Crippen MR) is 147 cm³/mol. The van der Waals surface area contributed by atoms with Gasteiger partial charge >= 0.3 is 0 Å². The van der Waals surface area contributed by atoms with E-state index < -0.39 is 0 Å². The number of H-pyrrole nitrogens is 1. The molecule has 2 aliphatic rings. The predicted octanol–water partition coefficient (Wildman–Crippen LogP) is 2.87. The zero-order valence-electron chi connectivity index (χ0n) is 22.5. The van der Waals surface area contributed by atoms with Gasteiger partial charge in [-0.05, 0) is 38.7 Å². The minimum absolute atomic E-state index is 0.000316. The molecular weight excluding hydrogens is 512 g/mol. The number of nitrogens with zero attached hydrogens (tertiary/aromatic N) is 6. The van der Waals surface area contributed by atoms with Gasteiger partial charge in [-0.1, -0.05) is 6.07 Å². The number of fused-ring (bicyclic) bond motifs is 3. The first kappa shape index (κ1) is 26.1. The molecule has 40 heavy (non-hydrogen) atoms. The molecule has 208 valence electrons. The number of carbonyl (C=O) groups excluding carboxylic acids is 2. The van der Waals surface area contributed by atoms with Crippen molar-refractivity contribution in [2.24, 2.45) is 0 Å². The average molecular weight is 545 g/mol. The highest BCUT2D eigenvalue weighted by Crippen LogP contribution is 2.44. The van der Waals surface area contributed by atoms with Crippen molar-refractivity contribution in [3.05, 3.63) is 48.2 Å². The van der Waals surface area contributed by atoms with Crippen molar-refractivity contribution in [3.63, 3.8) is 0 Å². The molecule has 4 aromatic rings. The number of piperidine rings is 1. The third-order valence-electron chi connectivity index (χ3n) is 7.94. The summed E-state index contributed by atoms with van der Waals surface area (Å²) in [5.74, 6) is 0.796. The van der Waals surface area contributed by atoms with Crippen LogP contribution in [0.2, 0.25) is 0 Å². The first-order valence-corrected chi connectivity index (χ1v) is 13.5. The van der Waals surface area contributed by atoms with Crippen LogP contribution in [-0.2, 0) is 14.3 Å². The van der Waals surface area contributed by atoms with E-state index in [1.807, 2.05) is 17.0 Å². The van der Waals surface area contributed by atoms with Crippen molar-refractivity contribution >= 4 is 23.2 Å². The molecule has 0 aromatic carbocycles. The van der Waals surface area contributed by atoms with Crippen molar-refractivity contribution in [1.82, 2.24) is 34.4 Å². The van der Waals surface area contributed by atoms with E-state index in [2.05, 4.69) is 20.1 Å². The fraction of sp³-hybridized carbons (Fsp3) is 0.429. The van der Waals surface area contributed by atoms with E-state index in [1.54, 1.807) is 31.9 Å². The van der Waals surface area contributed by atoms with Crippen LogP contribution in [-0.4, -0.2) is 85.2 Å². The third kappa shape index (κ3) is 4.62. The maximum atomic E-state index is 13.0. The number of anilines is 1. The third-order valence-corrected chi connectivity index (χ3v) is 7.94. The molecule has 2 aliphatic heterocycles. The van der Waals surface area contributed by atoms with Crippen molar-refractivity contribution in [1.29, 1.82) is 0 Å². The molecule has 0 saturated carbocycles. The van der Waals surface area contributed by atoms with Crippen molar-refractivity contribution in [3.8, 4) is 22.6 Å². The summed E-state index contributed by atoms with van der Waals surface area (Å²) in [7, 11) is 1.60. The standard InChI is InChI=1S/C28H32N8O4/c1-16(37)24-25(18-11-19-4-5-20(12-18)35(19)23(38)15-40-10-9-39-2)34-28-21(14-33-36(28)26(24)29)17-3-6-22(32-13-17)27-30-7-8-31-27/h3,6-8,13-14,18-20H,4-5,9-12,15,29H2,1-2H3,(H,30,31)/t18-,19+,20-. The second-order valence-corrected chi connectivity index (χ2v) is 10.4. The summed E-state index contributed by atoms with van der Waals surface area (Å²) >= 11 is 0. The first-order chi connectivity index (χ1) is 19.5. The van der Waals surface area contributed by atoms with Gasteiger partial charge in [0.05, 0.1) is 30.7 Å². The molecule has 2 saturated heterocycles. The number of rotatable bonds is 9. The number of nitrogens with one attached hydrogen (secondary N) is 1. The molecular formula is C28H32N8O4. The Morgan fingerprint density at radius 2 is 1.93 bits per heavy atom. The molecule has 12 heteroatoms. The van der Waals surface area contributed by atoms with Crippen LogP contribution >= 0.6 is 0 Å². The van der Waals surface area contributed by atoms with Gasteiger partial charge < -0.3 is 25.1 Å². The maximum absolute atomic E-state index is 13.0.